The van der Waals surface area contributed by atoms with E-state index in [1.54, 1.807) is 7.11 Å². The van der Waals surface area contributed by atoms with Gasteiger partial charge in [0, 0.05) is 38.6 Å². The number of furan rings is 1. The molecule has 1 aliphatic rings. The van der Waals surface area contributed by atoms with Gasteiger partial charge in [-0.3, -0.25) is 0 Å². The van der Waals surface area contributed by atoms with Crippen molar-refractivity contribution in [3.05, 3.63) is 36.1 Å². The summed E-state index contributed by atoms with van der Waals surface area (Å²) in [6, 6.07) is 10.2. The van der Waals surface area contributed by atoms with Gasteiger partial charge in [0.1, 0.15) is 11.3 Å². The second-order valence-electron chi connectivity index (χ2n) is 5.29. The Hall–Kier alpha value is -1.36. The van der Waals surface area contributed by atoms with Crippen molar-refractivity contribution >= 4 is 11.0 Å². The summed E-state index contributed by atoms with van der Waals surface area (Å²) < 4.78 is 17.4. The van der Waals surface area contributed by atoms with E-state index in [-0.39, 0.29) is 11.6 Å². The molecule has 0 bridgehead atoms. The topological polar surface area (TPSA) is 43.6 Å². The van der Waals surface area contributed by atoms with Crippen LogP contribution in [0.4, 0.5) is 0 Å². The van der Waals surface area contributed by atoms with E-state index in [0.717, 1.165) is 42.8 Å². The van der Waals surface area contributed by atoms with Crippen LogP contribution < -0.4 is 5.32 Å². The monoisotopic (exact) mass is 275 g/mol. The number of nitrogens with one attached hydrogen (secondary N) is 1. The molecule has 3 rings (SSSR count). The highest BCUT2D eigenvalue weighted by atomic mass is 16.5. The van der Waals surface area contributed by atoms with E-state index < -0.39 is 0 Å². The van der Waals surface area contributed by atoms with Gasteiger partial charge in [-0.1, -0.05) is 18.2 Å². The molecule has 1 unspecified atom stereocenters. The van der Waals surface area contributed by atoms with Crippen LogP contribution in [-0.4, -0.2) is 33.0 Å². The number of benzene rings is 1. The smallest absolute Gasteiger partial charge is 0.134 e. The Balaban J connectivity index is 1.99. The molecule has 2 aromatic rings. The second-order valence-corrected chi connectivity index (χ2v) is 5.29. The van der Waals surface area contributed by atoms with Crippen LogP contribution in [-0.2, 0) is 9.47 Å². The first-order valence-corrected chi connectivity index (χ1v) is 7.08. The molecule has 1 atom stereocenters. The van der Waals surface area contributed by atoms with Crippen molar-refractivity contribution in [1.82, 2.24) is 5.32 Å². The number of para-hydroxylation sites is 1. The normalized spacial score (nSPS) is 20.1. The Kier molecular flexibility index (Phi) is 3.78. The van der Waals surface area contributed by atoms with Crippen molar-refractivity contribution in [3.8, 4) is 0 Å². The summed E-state index contributed by atoms with van der Waals surface area (Å²) in [5.74, 6) is 0.928. The zero-order valence-corrected chi connectivity index (χ0v) is 12.0. The molecule has 1 aromatic heterocycles. The zero-order valence-electron chi connectivity index (χ0n) is 12.0. The van der Waals surface area contributed by atoms with Gasteiger partial charge < -0.3 is 19.2 Å². The number of rotatable bonds is 4. The summed E-state index contributed by atoms with van der Waals surface area (Å²) >= 11 is 0. The minimum Gasteiger partial charge on any atom is -0.459 e. The van der Waals surface area contributed by atoms with Crippen LogP contribution in [0.5, 0.6) is 0 Å². The molecular weight excluding hydrogens is 254 g/mol. The highest BCUT2D eigenvalue weighted by molar-refractivity contribution is 5.77. The second kappa shape index (κ2) is 5.56. The highest BCUT2D eigenvalue weighted by Crippen LogP contribution is 2.38. The quantitative estimate of drug-likeness (QED) is 0.931. The molecule has 0 saturated carbocycles. The SMILES string of the molecule is CNC(c1cc2ccccc2o1)C1(OC)CCOCC1. The number of ether oxygens (including phenoxy) is 2. The van der Waals surface area contributed by atoms with Crippen molar-refractivity contribution in [2.24, 2.45) is 0 Å². The molecule has 0 radical (unpaired) electrons. The molecule has 0 amide bonds. The molecule has 20 heavy (non-hydrogen) atoms. The van der Waals surface area contributed by atoms with Crippen LogP contribution in [0.25, 0.3) is 11.0 Å². The Morgan fingerprint density at radius 1 is 1.25 bits per heavy atom. The van der Waals surface area contributed by atoms with Crippen LogP contribution >= 0.6 is 0 Å². The van der Waals surface area contributed by atoms with Gasteiger partial charge in [-0.25, -0.2) is 0 Å². The average Bonchev–Trinajstić information content (AvgIpc) is 2.92. The van der Waals surface area contributed by atoms with Gasteiger partial charge in [0.05, 0.1) is 11.6 Å². The standard InChI is InChI=1S/C16H21NO3/c1-17-15(16(18-2)7-9-19-10-8-16)14-11-12-5-3-4-6-13(12)20-14/h3-6,11,15,17H,7-10H2,1-2H3. The highest BCUT2D eigenvalue weighted by Gasteiger charge is 2.42. The van der Waals surface area contributed by atoms with Crippen LogP contribution in [0.3, 0.4) is 0 Å². The van der Waals surface area contributed by atoms with E-state index >= 15 is 0 Å². The Labute approximate surface area is 119 Å². The average molecular weight is 275 g/mol. The van der Waals surface area contributed by atoms with E-state index in [9.17, 15) is 0 Å². The first kappa shape index (κ1) is 13.6. The van der Waals surface area contributed by atoms with E-state index in [0.29, 0.717) is 0 Å². The minimum absolute atomic E-state index is 0.0313. The lowest BCUT2D eigenvalue weighted by Gasteiger charge is -2.41. The lowest BCUT2D eigenvalue weighted by atomic mass is 9.84. The number of hydrogen-bond acceptors (Lipinski definition) is 4. The van der Waals surface area contributed by atoms with Crippen LogP contribution in [0.1, 0.15) is 24.6 Å². The summed E-state index contributed by atoms with van der Waals surface area (Å²) in [4.78, 5) is 0. The van der Waals surface area contributed by atoms with Crippen molar-refractivity contribution in [1.29, 1.82) is 0 Å². The Bertz CT molecular complexity index is 539. The maximum Gasteiger partial charge on any atom is 0.134 e. The molecule has 1 aromatic carbocycles. The molecule has 1 N–H and O–H groups in total. The predicted octanol–water partition coefficient (Wildman–Crippen LogP) is 2.89. The molecule has 1 saturated heterocycles. The molecule has 1 fully saturated rings. The van der Waals surface area contributed by atoms with Crippen molar-refractivity contribution in [2.75, 3.05) is 27.4 Å². The molecule has 4 nitrogen and oxygen atoms in total. The summed E-state index contributed by atoms with van der Waals surface area (Å²) in [5, 5.41) is 4.49. The first-order chi connectivity index (χ1) is 9.79. The number of hydrogen-bond donors (Lipinski definition) is 1. The van der Waals surface area contributed by atoms with E-state index in [1.807, 2.05) is 25.2 Å². The lowest BCUT2D eigenvalue weighted by molar-refractivity contribution is -0.113. The summed E-state index contributed by atoms with van der Waals surface area (Å²) in [5.41, 5.74) is 0.655. The van der Waals surface area contributed by atoms with Gasteiger partial charge in [0.15, 0.2) is 0 Å². The van der Waals surface area contributed by atoms with E-state index in [2.05, 4.69) is 17.4 Å². The zero-order chi connectivity index (χ0) is 14.0. The van der Waals surface area contributed by atoms with Crippen molar-refractivity contribution in [2.45, 2.75) is 24.5 Å². The fraction of sp³-hybridized carbons (Fsp3) is 0.500. The van der Waals surface area contributed by atoms with E-state index in [1.165, 1.54) is 0 Å². The van der Waals surface area contributed by atoms with Gasteiger partial charge >= 0.3 is 0 Å². The van der Waals surface area contributed by atoms with Crippen LogP contribution in [0.15, 0.2) is 34.7 Å². The van der Waals surface area contributed by atoms with Gasteiger partial charge in [-0.15, -0.1) is 0 Å². The van der Waals surface area contributed by atoms with Crippen molar-refractivity contribution < 1.29 is 13.9 Å². The lowest BCUT2D eigenvalue weighted by Crippen LogP contribution is -2.48. The van der Waals surface area contributed by atoms with E-state index in [4.69, 9.17) is 13.9 Å². The summed E-state index contributed by atoms with van der Waals surface area (Å²) in [6.07, 6.45) is 1.73. The predicted molar refractivity (Wildman–Crippen MR) is 77.8 cm³/mol. The largest absolute Gasteiger partial charge is 0.459 e. The number of fused-ring (bicyclic) bond motifs is 1. The molecular formula is C16H21NO3. The summed E-state index contributed by atoms with van der Waals surface area (Å²) in [7, 11) is 3.73. The Morgan fingerprint density at radius 3 is 2.65 bits per heavy atom. The van der Waals surface area contributed by atoms with Crippen LogP contribution in [0.2, 0.25) is 0 Å². The number of likely N-dealkylation sites (N-methyl/N-ethyl adjacent to an activating group) is 1. The first-order valence-electron chi connectivity index (χ1n) is 7.08. The molecule has 4 heteroatoms. The molecule has 0 aliphatic carbocycles. The fourth-order valence-electron chi connectivity index (χ4n) is 3.14. The fourth-order valence-corrected chi connectivity index (χ4v) is 3.14. The summed E-state index contributed by atoms with van der Waals surface area (Å²) in [6.45, 7) is 1.46. The third-order valence-electron chi connectivity index (χ3n) is 4.29. The minimum atomic E-state index is -0.263. The maximum absolute atomic E-state index is 6.02. The molecule has 0 spiro atoms. The third kappa shape index (κ3) is 2.24. The molecule has 2 heterocycles. The Morgan fingerprint density at radius 2 is 2.00 bits per heavy atom. The maximum atomic E-state index is 6.02. The third-order valence-corrected chi connectivity index (χ3v) is 4.29. The molecule has 1 aliphatic heterocycles. The molecule has 108 valence electrons. The number of methoxy groups -OCH3 is 1. The van der Waals surface area contributed by atoms with Crippen LogP contribution in [0, 0.1) is 0 Å². The van der Waals surface area contributed by atoms with Gasteiger partial charge in [-0.2, -0.15) is 0 Å². The van der Waals surface area contributed by atoms with Gasteiger partial charge in [0.25, 0.3) is 0 Å². The van der Waals surface area contributed by atoms with Crippen molar-refractivity contribution in [3.63, 3.8) is 0 Å². The van der Waals surface area contributed by atoms with Gasteiger partial charge in [0.2, 0.25) is 0 Å². The van der Waals surface area contributed by atoms with Gasteiger partial charge in [-0.05, 0) is 19.2 Å².